The molecule has 0 radical (unpaired) electrons. The van der Waals surface area contributed by atoms with Gasteiger partial charge in [0.25, 0.3) is 0 Å². The number of likely N-dealkylation sites (tertiary alicyclic amines) is 1. The van der Waals surface area contributed by atoms with E-state index in [0.29, 0.717) is 24.4 Å². The normalized spacial score (nSPS) is 18.6. The SMILES string of the molecule is O=C(O)[C@@H]1CCCN(C(=O)OCc2ccc(Cl)cc2)C1. The van der Waals surface area contributed by atoms with Crippen LogP contribution in [0.2, 0.25) is 5.02 Å². The van der Waals surface area contributed by atoms with Crippen LogP contribution in [0.5, 0.6) is 0 Å². The quantitative estimate of drug-likeness (QED) is 0.931. The van der Waals surface area contributed by atoms with Gasteiger partial charge >= 0.3 is 12.1 Å². The van der Waals surface area contributed by atoms with Gasteiger partial charge in [-0.2, -0.15) is 0 Å². The lowest BCUT2D eigenvalue weighted by Crippen LogP contribution is -2.42. The van der Waals surface area contributed by atoms with E-state index in [1.165, 1.54) is 4.90 Å². The van der Waals surface area contributed by atoms with Crippen LogP contribution in [0.3, 0.4) is 0 Å². The molecule has 1 atom stereocenters. The third-order valence-electron chi connectivity index (χ3n) is 3.30. The molecule has 1 N–H and O–H groups in total. The molecule has 0 aliphatic carbocycles. The van der Waals surface area contributed by atoms with E-state index < -0.39 is 18.0 Å². The van der Waals surface area contributed by atoms with Gasteiger partial charge in [0.1, 0.15) is 6.61 Å². The van der Waals surface area contributed by atoms with Crippen molar-refractivity contribution in [3.63, 3.8) is 0 Å². The van der Waals surface area contributed by atoms with E-state index in [0.717, 1.165) is 5.56 Å². The number of hydrogen-bond acceptors (Lipinski definition) is 3. The number of carbonyl (C=O) groups is 2. The molecule has 2 rings (SSSR count). The van der Waals surface area contributed by atoms with Crippen molar-refractivity contribution in [3.8, 4) is 0 Å². The number of carboxylic acids is 1. The Morgan fingerprint density at radius 3 is 2.70 bits per heavy atom. The van der Waals surface area contributed by atoms with Crippen LogP contribution in [0.25, 0.3) is 0 Å². The molecule has 0 bridgehead atoms. The Morgan fingerprint density at radius 2 is 2.05 bits per heavy atom. The Kier molecular flexibility index (Phi) is 4.84. The zero-order valence-electron chi connectivity index (χ0n) is 10.9. The Labute approximate surface area is 122 Å². The van der Waals surface area contributed by atoms with Gasteiger partial charge in [-0.1, -0.05) is 23.7 Å². The molecule has 0 unspecified atom stereocenters. The minimum atomic E-state index is -0.861. The third kappa shape index (κ3) is 3.87. The summed E-state index contributed by atoms with van der Waals surface area (Å²) in [7, 11) is 0. The summed E-state index contributed by atoms with van der Waals surface area (Å²) >= 11 is 5.77. The number of hydrogen-bond donors (Lipinski definition) is 1. The molecule has 108 valence electrons. The fourth-order valence-corrected chi connectivity index (χ4v) is 2.29. The van der Waals surface area contributed by atoms with Crippen molar-refractivity contribution in [2.24, 2.45) is 5.92 Å². The predicted octanol–water partition coefficient (Wildman–Crippen LogP) is 2.77. The fourth-order valence-electron chi connectivity index (χ4n) is 2.16. The van der Waals surface area contributed by atoms with Gasteiger partial charge in [-0.15, -0.1) is 0 Å². The number of halogens is 1. The van der Waals surface area contributed by atoms with Crippen molar-refractivity contribution in [3.05, 3.63) is 34.9 Å². The van der Waals surface area contributed by atoms with Crippen molar-refractivity contribution in [2.45, 2.75) is 19.4 Å². The number of amides is 1. The first-order chi connectivity index (χ1) is 9.56. The summed E-state index contributed by atoms with van der Waals surface area (Å²) in [5.74, 6) is -1.35. The Bertz CT molecular complexity index is 488. The van der Waals surface area contributed by atoms with Gasteiger partial charge in [-0.3, -0.25) is 4.79 Å². The number of benzene rings is 1. The lowest BCUT2D eigenvalue weighted by atomic mass is 9.99. The van der Waals surface area contributed by atoms with E-state index in [1.54, 1.807) is 24.3 Å². The van der Waals surface area contributed by atoms with Gasteiger partial charge in [-0.05, 0) is 30.5 Å². The third-order valence-corrected chi connectivity index (χ3v) is 3.56. The second-order valence-electron chi connectivity index (χ2n) is 4.80. The molecule has 1 aliphatic rings. The highest BCUT2D eigenvalue weighted by molar-refractivity contribution is 6.30. The Hall–Kier alpha value is -1.75. The van der Waals surface area contributed by atoms with E-state index in [2.05, 4.69) is 0 Å². The average Bonchev–Trinajstić information content (AvgIpc) is 2.46. The number of piperidine rings is 1. The highest BCUT2D eigenvalue weighted by Gasteiger charge is 2.28. The summed E-state index contributed by atoms with van der Waals surface area (Å²) in [5.41, 5.74) is 0.842. The van der Waals surface area contributed by atoms with Crippen LogP contribution in [0.4, 0.5) is 4.79 Å². The average molecular weight is 298 g/mol. The van der Waals surface area contributed by atoms with Gasteiger partial charge in [0.05, 0.1) is 5.92 Å². The predicted molar refractivity (Wildman–Crippen MR) is 73.6 cm³/mol. The van der Waals surface area contributed by atoms with E-state index >= 15 is 0 Å². The minimum Gasteiger partial charge on any atom is -0.481 e. The lowest BCUT2D eigenvalue weighted by molar-refractivity contribution is -0.143. The molecular weight excluding hydrogens is 282 g/mol. The molecule has 1 saturated heterocycles. The molecule has 0 spiro atoms. The second kappa shape index (κ2) is 6.61. The maximum absolute atomic E-state index is 11.9. The number of rotatable bonds is 3. The summed E-state index contributed by atoms with van der Waals surface area (Å²) in [6.45, 7) is 0.919. The van der Waals surface area contributed by atoms with Crippen molar-refractivity contribution in [2.75, 3.05) is 13.1 Å². The number of aliphatic carboxylic acids is 1. The lowest BCUT2D eigenvalue weighted by Gasteiger charge is -2.29. The molecule has 6 heteroatoms. The fraction of sp³-hybridized carbons (Fsp3) is 0.429. The first kappa shape index (κ1) is 14.7. The molecular formula is C14H16ClNO4. The zero-order valence-corrected chi connectivity index (χ0v) is 11.7. The molecule has 1 amide bonds. The van der Waals surface area contributed by atoms with Crippen LogP contribution >= 0.6 is 11.6 Å². The van der Waals surface area contributed by atoms with Crippen molar-refractivity contribution in [1.29, 1.82) is 0 Å². The summed E-state index contributed by atoms with van der Waals surface area (Å²) in [6.07, 6.45) is 0.828. The smallest absolute Gasteiger partial charge is 0.410 e. The standard InChI is InChI=1S/C14H16ClNO4/c15-12-5-3-10(4-6-12)9-20-14(19)16-7-1-2-11(8-16)13(17)18/h3-6,11H,1-2,7-9H2,(H,17,18)/t11-/m1/s1. The molecule has 20 heavy (non-hydrogen) atoms. The molecule has 1 fully saturated rings. The highest BCUT2D eigenvalue weighted by atomic mass is 35.5. The van der Waals surface area contributed by atoms with Gasteiger partial charge < -0.3 is 14.7 Å². The van der Waals surface area contributed by atoms with Gasteiger partial charge in [0, 0.05) is 18.1 Å². The van der Waals surface area contributed by atoms with Crippen LogP contribution in [-0.2, 0) is 16.1 Å². The molecule has 1 aliphatic heterocycles. The number of ether oxygens (including phenoxy) is 1. The van der Waals surface area contributed by atoms with E-state index in [1.807, 2.05) is 0 Å². The number of carboxylic acid groups (broad SMARTS) is 1. The van der Waals surface area contributed by atoms with Crippen LogP contribution < -0.4 is 0 Å². The summed E-state index contributed by atoms with van der Waals surface area (Å²) in [4.78, 5) is 24.3. The van der Waals surface area contributed by atoms with Crippen LogP contribution in [0.15, 0.2) is 24.3 Å². The van der Waals surface area contributed by atoms with Crippen molar-refractivity contribution in [1.82, 2.24) is 4.90 Å². The van der Waals surface area contributed by atoms with Gasteiger partial charge in [0.15, 0.2) is 0 Å². The van der Waals surface area contributed by atoms with Crippen LogP contribution in [0, 0.1) is 5.92 Å². The van der Waals surface area contributed by atoms with Crippen LogP contribution in [0.1, 0.15) is 18.4 Å². The first-order valence-corrected chi connectivity index (χ1v) is 6.83. The van der Waals surface area contributed by atoms with Crippen molar-refractivity contribution >= 4 is 23.7 Å². The van der Waals surface area contributed by atoms with Crippen molar-refractivity contribution < 1.29 is 19.4 Å². The highest BCUT2D eigenvalue weighted by Crippen LogP contribution is 2.18. The monoisotopic (exact) mass is 297 g/mol. The van der Waals surface area contributed by atoms with Gasteiger partial charge in [0.2, 0.25) is 0 Å². The molecule has 0 saturated carbocycles. The topological polar surface area (TPSA) is 66.8 Å². The van der Waals surface area contributed by atoms with E-state index in [9.17, 15) is 9.59 Å². The Morgan fingerprint density at radius 1 is 1.35 bits per heavy atom. The molecule has 1 heterocycles. The molecule has 1 aromatic carbocycles. The second-order valence-corrected chi connectivity index (χ2v) is 5.24. The molecule has 1 aromatic rings. The summed E-state index contributed by atoms with van der Waals surface area (Å²) < 4.78 is 5.19. The summed E-state index contributed by atoms with van der Waals surface area (Å²) in [6, 6.07) is 7.02. The number of carbonyl (C=O) groups excluding carboxylic acids is 1. The van der Waals surface area contributed by atoms with E-state index in [4.69, 9.17) is 21.4 Å². The van der Waals surface area contributed by atoms with Gasteiger partial charge in [-0.25, -0.2) is 4.79 Å². The first-order valence-electron chi connectivity index (χ1n) is 6.45. The largest absolute Gasteiger partial charge is 0.481 e. The molecule has 5 nitrogen and oxygen atoms in total. The zero-order chi connectivity index (χ0) is 14.5. The maximum Gasteiger partial charge on any atom is 0.410 e. The summed E-state index contributed by atoms with van der Waals surface area (Å²) in [5, 5.41) is 9.61. The minimum absolute atomic E-state index is 0.157. The molecule has 0 aromatic heterocycles. The number of nitrogens with zero attached hydrogens (tertiary/aromatic N) is 1. The van der Waals surface area contributed by atoms with E-state index in [-0.39, 0.29) is 13.2 Å². The Balaban J connectivity index is 1.85. The van der Waals surface area contributed by atoms with Crippen LogP contribution in [-0.4, -0.2) is 35.2 Å². The maximum atomic E-state index is 11.9.